The molecule has 2 aromatic rings. The maximum absolute atomic E-state index is 13.2. The van der Waals surface area contributed by atoms with E-state index in [2.05, 4.69) is 15.9 Å². The van der Waals surface area contributed by atoms with Crippen LogP contribution >= 0.6 is 28.1 Å². The molecule has 98 valence electrons. The van der Waals surface area contributed by atoms with Gasteiger partial charge in [0.05, 0.1) is 10.0 Å². The third kappa shape index (κ3) is 3.30. The van der Waals surface area contributed by atoms with E-state index in [0.29, 0.717) is 17.1 Å². The van der Waals surface area contributed by atoms with Crippen molar-refractivity contribution in [3.8, 4) is 11.5 Å². The highest BCUT2D eigenvalue weighted by molar-refractivity contribution is 9.10. The van der Waals surface area contributed by atoms with Gasteiger partial charge in [-0.3, -0.25) is 0 Å². The van der Waals surface area contributed by atoms with Crippen molar-refractivity contribution in [2.24, 2.45) is 5.73 Å². The summed E-state index contributed by atoms with van der Waals surface area (Å²) in [4.78, 5) is 0.0951. The number of hydrogen-bond acceptors (Lipinski definition) is 2. The average molecular weight is 340 g/mol. The zero-order valence-corrected chi connectivity index (χ0v) is 12.5. The summed E-state index contributed by atoms with van der Waals surface area (Å²) >= 11 is 8.32. The van der Waals surface area contributed by atoms with Crippen molar-refractivity contribution >= 4 is 33.1 Å². The van der Waals surface area contributed by atoms with Crippen molar-refractivity contribution in [3.05, 3.63) is 57.8 Å². The summed E-state index contributed by atoms with van der Waals surface area (Å²) in [6.45, 7) is 1.98. The molecule has 2 rings (SSSR count). The molecule has 2 aromatic carbocycles. The Balaban J connectivity index is 2.40. The Morgan fingerprint density at radius 2 is 1.89 bits per heavy atom. The Bertz CT molecular complexity index is 645. The Labute approximate surface area is 124 Å². The van der Waals surface area contributed by atoms with Gasteiger partial charge in [-0.15, -0.1) is 0 Å². The number of thiocarbonyl (C=S) groups is 1. The maximum Gasteiger partial charge on any atom is 0.141 e. The third-order valence-corrected chi connectivity index (χ3v) is 3.35. The minimum Gasteiger partial charge on any atom is -0.455 e. The molecule has 0 bridgehead atoms. The largest absolute Gasteiger partial charge is 0.455 e. The zero-order valence-electron chi connectivity index (χ0n) is 10.1. The summed E-state index contributed by atoms with van der Waals surface area (Å²) in [5.74, 6) is 0.645. The van der Waals surface area contributed by atoms with Crippen molar-refractivity contribution < 1.29 is 9.13 Å². The predicted molar refractivity (Wildman–Crippen MR) is 81.2 cm³/mol. The van der Waals surface area contributed by atoms with Crippen LogP contribution in [0.4, 0.5) is 4.39 Å². The van der Waals surface area contributed by atoms with Crippen LogP contribution in [0.2, 0.25) is 0 Å². The summed E-state index contributed by atoms with van der Waals surface area (Å²) < 4.78 is 19.7. The molecule has 0 unspecified atom stereocenters. The lowest BCUT2D eigenvalue weighted by molar-refractivity contribution is 0.476. The molecule has 0 atom stereocenters. The summed E-state index contributed by atoms with van der Waals surface area (Å²) in [5.41, 5.74) is 7.05. The van der Waals surface area contributed by atoms with E-state index in [9.17, 15) is 4.39 Å². The topological polar surface area (TPSA) is 35.2 Å². The molecule has 5 heteroatoms. The van der Waals surface area contributed by atoms with Gasteiger partial charge in [0.25, 0.3) is 0 Å². The fourth-order valence-corrected chi connectivity index (χ4v) is 2.32. The van der Waals surface area contributed by atoms with Crippen LogP contribution in [0.3, 0.4) is 0 Å². The Hall–Kier alpha value is -1.46. The maximum atomic E-state index is 13.2. The van der Waals surface area contributed by atoms with Crippen LogP contribution in [0.25, 0.3) is 0 Å². The lowest BCUT2D eigenvalue weighted by Crippen LogP contribution is -2.11. The molecular formula is C14H11BrFNOS. The second-order valence-electron chi connectivity index (χ2n) is 4.04. The molecule has 0 saturated heterocycles. The van der Waals surface area contributed by atoms with Crippen LogP contribution in [0.15, 0.2) is 40.9 Å². The van der Waals surface area contributed by atoms with Gasteiger partial charge >= 0.3 is 0 Å². The highest BCUT2D eigenvalue weighted by Crippen LogP contribution is 2.32. The summed E-state index contributed by atoms with van der Waals surface area (Å²) in [7, 11) is 0. The number of ether oxygens (including phenoxy) is 1. The van der Waals surface area contributed by atoms with E-state index < -0.39 is 5.82 Å². The lowest BCUT2D eigenvalue weighted by atomic mass is 10.2. The summed E-state index contributed by atoms with van der Waals surface area (Å²) in [5, 5.41) is 0. The van der Waals surface area contributed by atoms with Gasteiger partial charge in [-0.2, -0.15) is 0 Å². The van der Waals surface area contributed by atoms with Crippen LogP contribution in [-0.2, 0) is 0 Å². The van der Waals surface area contributed by atoms with Crippen molar-refractivity contribution in [1.29, 1.82) is 0 Å². The van der Waals surface area contributed by atoms with Gasteiger partial charge in [0.2, 0.25) is 0 Å². The van der Waals surface area contributed by atoms with E-state index >= 15 is 0 Å². The summed E-state index contributed by atoms with van der Waals surface area (Å²) in [6, 6.07) is 9.75. The van der Waals surface area contributed by atoms with E-state index in [1.807, 2.05) is 25.1 Å². The first-order valence-electron chi connectivity index (χ1n) is 5.51. The fourth-order valence-electron chi connectivity index (χ4n) is 1.59. The number of halogens is 2. The average Bonchev–Trinajstić information content (AvgIpc) is 2.34. The van der Waals surface area contributed by atoms with E-state index in [1.165, 1.54) is 18.2 Å². The number of nitrogens with two attached hydrogens (primary N) is 1. The normalized spacial score (nSPS) is 10.3. The molecule has 0 heterocycles. The molecule has 0 aliphatic rings. The smallest absolute Gasteiger partial charge is 0.141 e. The second kappa shape index (κ2) is 5.67. The highest BCUT2D eigenvalue weighted by Gasteiger charge is 2.10. The zero-order chi connectivity index (χ0) is 14.0. The van der Waals surface area contributed by atoms with Crippen molar-refractivity contribution in [1.82, 2.24) is 0 Å². The first-order chi connectivity index (χ1) is 8.97. The molecule has 0 aromatic heterocycles. The Kier molecular flexibility index (Phi) is 4.17. The van der Waals surface area contributed by atoms with Gasteiger partial charge in [0.15, 0.2) is 0 Å². The molecule has 19 heavy (non-hydrogen) atoms. The molecule has 0 spiro atoms. The van der Waals surface area contributed by atoms with E-state index in [0.717, 1.165) is 10.0 Å². The van der Waals surface area contributed by atoms with Crippen LogP contribution in [0, 0.1) is 12.7 Å². The minimum atomic E-state index is -0.405. The first kappa shape index (κ1) is 14.0. The molecule has 0 fully saturated rings. The van der Waals surface area contributed by atoms with Crippen LogP contribution in [-0.4, -0.2) is 4.99 Å². The molecule has 2 nitrogen and oxygen atoms in total. The molecule has 2 N–H and O–H groups in total. The molecule has 0 saturated carbocycles. The van der Waals surface area contributed by atoms with Gasteiger partial charge in [-0.25, -0.2) is 4.39 Å². The summed E-state index contributed by atoms with van der Waals surface area (Å²) in [6.07, 6.45) is 0. The highest BCUT2D eigenvalue weighted by atomic mass is 79.9. The third-order valence-electron chi connectivity index (χ3n) is 2.51. The van der Waals surface area contributed by atoms with E-state index in [4.69, 9.17) is 22.7 Å². The van der Waals surface area contributed by atoms with Crippen LogP contribution in [0.1, 0.15) is 11.1 Å². The second-order valence-corrected chi connectivity index (χ2v) is 5.33. The van der Waals surface area contributed by atoms with Gasteiger partial charge in [0.1, 0.15) is 22.3 Å². The molecule has 0 radical (unpaired) electrons. The van der Waals surface area contributed by atoms with Gasteiger partial charge in [-0.1, -0.05) is 18.3 Å². The molecule has 0 aliphatic carbocycles. The number of rotatable bonds is 3. The monoisotopic (exact) mass is 339 g/mol. The Morgan fingerprint density at radius 1 is 1.21 bits per heavy atom. The SMILES string of the molecule is Cc1ccc(Oc2ccc(F)cc2C(N)=S)c(Br)c1. The van der Waals surface area contributed by atoms with Crippen molar-refractivity contribution in [3.63, 3.8) is 0 Å². The van der Waals surface area contributed by atoms with Crippen LogP contribution < -0.4 is 10.5 Å². The molecule has 0 aliphatic heterocycles. The van der Waals surface area contributed by atoms with Crippen LogP contribution in [0.5, 0.6) is 11.5 Å². The standard InChI is InChI=1S/C14H11BrFNOS/c1-8-2-4-13(11(15)6-8)18-12-5-3-9(16)7-10(12)14(17)19/h2-7H,1H3,(H2,17,19). The van der Waals surface area contributed by atoms with Gasteiger partial charge in [-0.05, 0) is 58.7 Å². The Morgan fingerprint density at radius 3 is 2.53 bits per heavy atom. The van der Waals surface area contributed by atoms with E-state index in [1.54, 1.807) is 0 Å². The number of benzene rings is 2. The number of aryl methyl sites for hydroxylation is 1. The quantitative estimate of drug-likeness (QED) is 0.845. The minimum absolute atomic E-state index is 0.0951. The van der Waals surface area contributed by atoms with Crippen molar-refractivity contribution in [2.45, 2.75) is 6.92 Å². The van der Waals surface area contributed by atoms with E-state index in [-0.39, 0.29) is 4.99 Å². The number of hydrogen-bond donors (Lipinski definition) is 1. The fraction of sp³-hybridized carbons (Fsp3) is 0.0714. The predicted octanol–water partition coefficient (Wildman–Crippen LogP) is 4.32. The lowest BCUT2D eigenvalue weighted by Gasteiger charge is -2.12. The first-order valence-corrected chi connectivity index (χ1v) is 6.71. The molecule has 0 amide bonds. The van der Waals surface area contributed by atoms with Crippen molar-refractivity contribution in [2.75, 3.05) is 0 Å². The molecular weight excluding hydrogens is 329 g/mol. The van der Waals surface area contributed by atoms with Gasteiger partial charge < -0.3 is 10.5 Å². The van der Waals surface area contributed by atoms with Gasteiger partial charge in [0, 0.05) is 0 Å².